The quantitative estimate of drug-likeness (QED) is 0.682. The molecule has 0 spiro atoms. The van der Waals surface area contributed by atoms with Gasteiger partial charge in [-0.05, 0) is 50.5 Å². The number of hydrogen-bond acceptors (Lipinski definition) is 4. The zero-order valence-corrected chi connectivity index (χ0v) is 12.2. The van der Waals surface area contributed by atoms with Gasteiger partial charge in [0.15, 0.2) is 5.78 Å². The Kier molecular flexibility index (Phi) is 5.33. The second-order valence-electron chi connectivity index (χ2n) is 5.25. The first-order valence-corrected chi connectivity index (χ1v) is 7.35. The molecule has 0 heterocycles. The summed E-state index contributed by atoms with van der Waals surface area (Å²) < 4.78 is 5.35. The Balaban J connectivity index is 2.02. The number of aliphatic carboxylic acids is 1. The van der Waals surface area contributed by atoms with Crippen LogP contribution in [0, 0.1) is 0 Å². The van der Waals surface area contributed by atoms with Crippen molar-refractivity contribution in [3.8, 4) is 5.75 Å². The number of ketones is 1. The van der Waals surface area contributed by atoms with Gasteiger partial charge >= 0.3 is 5.97 Å². The van der Waals surface area contributed by atoms with Crippen molar-refractivity contribution >= 4 is 11.8 Å². The van der Waals surface area contributed by atoms with E-state index in [1.54, 1.807) is 24.3 Å². The molecule has 0 aliphatic heterocycles. The van der Waals surface area contributed by atoms with E-state index in [4.69, 9.17) is 9.84 Å². The van der Waals surface area contributed by atoms with Gasteiger partial charge in [0.2, 0.25) is 0 Å². The van der Waals surface area contributed by atoms with Crippen LogP contribution < -0.4 is 10.1 Å². The largest absolute Gasteiger partial charge is 0.494 e. The fourth-order valence-electron chi connectivity index (χ4n) is 2.18. The summed E-state index contributed by atoms with van der Waals surface area (Å²) in [6.45, 7) is 2.48. The van der Waals surface area contributed by atoms with E-state index >= 15 is 0 Å². The van der Waals surface area contributed by atoms with Gasteiger partial charge < -0.3 is 15.2 Å². The number of benzene rings is 1. The van der Waals surface area contributed by atoms with Crippen LogP contribution in [0.2, 0.25) is 0 Å². The van der Waals surface area contributed by atoms with Crippen molar-refractivity contribution in [2.24, 2.45) is 0 Å². The Morgan fingerprint density at radius 2 is 2.00 bits per heavy atom. The first-order chi connectivity index (χ1) is 10.1. The van der Waals surface area contributed by atoms with Gasteiger partial charge in [-0.15, -0.1) is 0 Å². The van der Waals surface area contributed by atoms with Gasteiger partial charge in [0.25, 0.3) is 0 Å². The summed E-state index contributed by atoms with van der Waals surface area (Å²) in [5.74, 6) is -0.199. The Morgan fingerprint density at radius 3 is 2.52 bits per heavy atom. The first kappa shape index (κ1) is 15.5. The third-order valence-corrected chi connectivity index (χ3v) is 3.43. The standard InChI is InChI=1S/C16H21NO4/c1-2-21-13-7-3-11(4-8-13)16(20)14(9-10-15(18)19)17-12-5-6-12/h3-4,7-8,12,14,17H,2,5-6,9-10H2,1H3,(H,18,19). The molecule has 0 radical (unpaired) electrons. The molecule has 1 aromatic rings. The van der Waals surface area contributed by atoms with Crippen LogP contribution >= 0.6 is 0 Å². The number of rotatable bonds is 9. The maximum absolute atomic E-state index is 12.5. The van der Waals surface area contributed by atoms with Gasteiger partial charge in [0.05, 0.1) is 12.6 Å². The van der Waals surface area contributed by atoms with Crippen LogP contribution in [0.25, 0.3) is 0 Å². The normalized spacial score (nSPS) is 15.5. The van der Waals surface area contributed by atoms with Crippen LogP contribution in [-0.4, -0.2) is 35.5 Å². The highest BCUT2D eigenvalue weighted by atomic mass is 16.5. The highest BCUT2D eigenvalue weighted by Gasteiger charge is 2.29. The van der Waals surface area contributed by atoms with Crippen LogP contribution in [0.15, 0.2) is 24.3 Å². The molecule has 1 aliphatic rings. The Morgan fingerprint density at radius 1 is 1.33 bits per heavy atom. The minimum Gasteiger partial charge on any atom is -0.494 e. The summed E-state index contributed by atoms with van der Waals surface area (Å²) in [5, 5.41) is 12.0. The lowest BCUT2D eigenvalue weighted by molar-refractivity contribution is -0.137. The lowest BCUT2D eigenvalue weighted by atomic mass is 10.00. The fraction of sp³-hybridized carbons (Fsp3) is 0.500. The molecule has 5 heteroatoms. The molecule has 2 rings (SSSR count). The minimum absolute atomic E-state index is 0.00679. The Hall–Kier alpha value is -1.88. The molecular formula is C16H21NO4. The highest BCUT2D eigenvalue weighted by molar-refractivity contribution is 6.00. The maximum atomic E-state index is 12.5. The second-order valence-corrected chi connectivity index (χ2v) is 5.25. The molecule has 0 amide bonds. The van der Waals surface area contributed by atoms with Crippen LogP contribution in [0.3, 0.4) is 0 Å². The molecule has 1 aromatic carbocycles. The smallest absolute Gasteiger partial charge is 0.303 e. The molecule has 5 nitrogen and oxygen atoms in total. The zero-order chi connectivity index (χ0) is 15.2. The third kappa shape index (κ3) is 4.86. The lowest BCUT2D eigenvalue weighted by Gasteiger charge is -2.17. The van der Waals surface area contributed by atoms with E-state index in [0.717, 1.165) is 18.6 Å². The highest BCUT2D eigenvalue weighted by Crippen LogP contribution is 2.22. The molecule has 1 fully saturated rings. The van der Waals surface area contributed by atoms with Gasteiger partial charge in [-0.2, -0.15) is 0 Å². The molecule has 2 N–H and O–H groups in total. The summed E-state index contributed by atoms with van der Waals surface area (Å²) >= 11 is 0. The predicted octanol–water partition coefficient (Wildman–Crippen LogP) is 2.25. The zero-order valence-electron chi connectivity index (χ0n) is 12.2. The number of carboxylic acids is 1. The number of nitrogens with one attached hydrogen (secondary N) is 1. The Bertz CT molecular complexity index is 494. The molecular weight excluding hydrogens is 270 g/mol. The van der Waals surface area contributed by atoms with E-state index in [1.165, 1.54) is 0 Å². The van der Waals surface area contributed by atoms with E-state index in [1.807, 2.05) is 6.92 Å². The lowest BCUT2D eigenvalue weighted by Crippen LogP contribution is -2.38. The van der Waals surface area contributed by atoms with Crippen molar-refractivity contribution in [2.45, 2.75) is 44.7 Å². The van der Waals surface area contributed by atoms with Crippen molar-refractivity contribution in [1.29, 1.82) is 0 Å². The summed E-state index contributed by atoms with van der Waals surface area (Å²) in [6.07, 6.45) is 2.42. The second kappa shape index (κ2) is 7.22. The van der Waals surface area contributed by atoms with Crippen LogP contribution in [-0.2, 0) is 4.79 Å². The van der Waals surface area contributed by atoms with Gasteiger partial charge in [0.1, 0.15) is 5.75 Å². The molecule has 1 saturated carbocycles. The number of carbonyl (C=O) groups excluding carboxylic acids is 1. The van der Waals surface area contributed by atoms with Crippen molar-refractivity contribution < 1.29 is 19.4 Å². The van der Waals surface area contributed by atoms with Crippen LogP contribution in [0.5, 0.6) is 5.75 Å². The van der Waals surface area contributed by atoms with Gasteiger partial charge in [0, 0.05) is 18.0 Å². The molecule has 0 saturated heterocycles. The Labute approximate surface area is 124 Å². The number of carboxylic acid groups (broad SMARTS) is 1. The van der Waals surface area contributed by atoms with Gasteiger partial charge in [-0.25, -0.2) is 0 Å². The molecule has 114 valence electrons. The number of carbonyl (C=O) groups is 2. The van der Waals surface area contributed by atoms with Crippen molar-refractivity contribution in [2.75, 3.05) is 6.61 Å². The topological polar surface area (TPSA) is 75.6 Å². The van der Waals surface area contributed by atoms with E-state index in [2.05, 4.69) is 5.32 Å². The average molecular weight is 291 g/mol. The summed E-state index contributed by atoms with van der Waals surface area (Å²) in [6, 6.07) is 6.93. The van der Waals surface area contributed by atoms with Crippen molar-refractivity contribution in [1.82, 2.24) is 5.32 Å². The average Bonchev–Trinajstić information content (AvgIpc) is 3.28. The maximum Gasteiger partial charge on any atom is 0.303 e. The van der Waals surface area contributed by atoms with Crippen LogP contribution in [0.4, 0.5) is 0 Å². The van der Waals surface area contributed by atoms with E-state index in [-0.39, 0.29) is 12.2 Å². The molecule has 1 aliphatic carbocycles. The predicted molar refractivity (Wildman–Crippen MR) is 78.8 cm³/mol. The molecule has 21 heavy (non-hydrogen) atoms. The molecule has 1 unspecified atom stereocenters. The number of Topliss-reactive ketones (excluding diaryl/α,β-unsaturated/α-hetero) is 1. The van der Waals surface area contributed by atoms with Gasteiger partial charge in [-0.1, -0.05) is 0 Å². The van der Waals surface area contributed by atoms with Crippen molar-refractivity contribution in [3.05, 3.63) is 29.8 Å². The summed E-state index contributed by atoms with van der Waals surface area (Å²) in [5.41, 5.74) is 0.585. The van der Waals surface area contributed by atoms with E-state index < -0.39 is 12.0 Å². The van der Waals surface area contributed by atoms with Crippen molar-refractivity contribution in [3.63, 3.8) is 0 Å². The summed E-state index contributed by atoms with van der Waals surface area (Å²) in [7, 11) is 0. The van der Waals surface area contributed by atoms with E-state index in [0.29, 0.717) is 24.6 Å². The number of hydrogen-bond donors (Lipinski definition) is 2. The van der Waals surface area contributed by atoms with Gasteiger partial charge in [-0.3, -0.25) is 9.59 Å². The SMILES string of the molecule is CCOc1ccc(C(=O)C(CCC(=O)O)NC2CC2)cc1. The van der Waals surface area contributed by atoms with E-state index in [9.17, 15) is 9.59 Å². The minimum atomic E-state index is -0.878. The monoisotopic (exact) mass is 291 g/mol. The fourth-order valence-corrected chi connectivity index (χ4v) is 2.18. The molecule has 0 bridgehead atoms. The number of ether oxygens (including phenoxy) is 1. The molecule has 0 aromatic heterocycles. The first-order valence-electron chi connectivity index (χ1n) is 7.35. The van der Waals surface area contributed by atoms with Crippen LogP contribution in [0.1, 0.15) is 43.0 Å². The summed E-state index contributed by atoms with van der Waals surface area (Å²) in [4.78, 5) is 23.2. The molecule has 1 atom stereocenters. The third-order valence-electron chi connectivity index (χ3n) is 3.43.